The number of esters is 1. The molecule has 22 heavy (non-hydrogen) atoms. The van der Waals surface area contributed by atoms with Gasteiger partial charge in [-0.15, -0.1) is 0 Å². The molecule has 1 aliphatic rings. The third-order valence-electron chi connectivity index (χ3n) is 3.45. The van der Waals surface area contributed by atoms with Crippen LogP contribution >= 0.6 is 0 Å². The second-order valence-corrected chi connectivity index (χ2v) is 6.73. The van der Waals surface area contributed by atoms with Gasteiger partial charge in [0.1, 0.15) is 5.60 Å². The molecule has 0 aromatic heterocycles. The highest BCUT2D eigenvalue weighted by Gasteiger charge is 2.30. The lowest BCUT2D eigenvalue weighted by Gasteiger charge is -2.37. The molecule has 0 radical (unpaired) electrons. The van der Waals surface area contributed by atoms with Crippen LogP contribution in [0.2, 0.25) is 0 Å². The maximum atomic E-state index is 11.9. The number of likely N-dealkylation sites (tertiary alicyclic amines) is 1. The Bertz CT molecular complexity index is 381. The lowest BCUT2D eigenvalue weighted by atomic mass is 9.92. The Morgan fingerprint density at radius 2 is 2.00 bits per heavy atom. The van der Waals surface area contributed by atoms with E-state index in [2.05, 4.69) is 10.1 Å². The van der Waals surface area contributed by atoms with E-state index in [1.807, 2.05) is 25.7 Å². The van der Waals surface area contributed by atoms with Gasteiger partial charge in [0.2, 0.25) is 0 Å². The van der Waals surface area contributed by atoms with Crippen LogP contribution in [0.3, 0.4) is 0 Å². The molecule has 2 N–H and O–H groups in total. The van der Waals surface area contributed by atoms with E-state index in [1.165, 1.54) is 7.11 Å². The van der Waals surface area contributed by atoms with Gasteiger partial charge in [-0.2, -0.15) is 0 Å². The standard InChI is InChI=1S/C15H28N2O5/c1-15(2,3)22-14(20)16-12-7-11(5-6-18)8-17(9-12)10-13(19)21-4/h11-12,18H,5-10H2,1-4H3,(H,16,20). The average molecular weight is 316 g/mol. The van der Waals surface area contributed by atoms with Gasteiger partial charge in [-0.3, -0.25) is 9.69 Å². The summed E-state index contributed by atoms with van der Waals surface area (Å²) in [6.45, 7) is 6.99. The van der Waals surface area contributed by atoms with Gasteiger partial charge in [-0.1, -0.05) is 0 Å². The molecule has 0 bridgehead atoms. The van der Waals surface area contributed by atoms with Crippen LogP contribution in [0, 0.1) is 5.92 Å². The van der Waals surface area contributed by atoms with Crippen molar-refractivity contribution in [3.8, 4) is 0 Å². The molecule has 1 aliphatic heterocycles. The molecular formula is C15H28N2O5. The van der Waals surface area contributed by atoms with Crippen molar-refractivity contribution in [2.24, 2.45) is 5.92 Å². The normalized spacial score (nSPS) is 23.0. The predicted molar refractivity (Wildman–Crippen MR) is 81.4 cm³/mol. The maximum Gasteiger partial charge on any atom is 0.407 e. The van der Waals surface area contributed by atoms with Gasteiger partial charge in [0.05, 0.1) is 13.7 Å². The number of hydrogen-bond donors (Lipinski definition) is 2. The number of nitrogens with zero attached hydrogens (tertiary/aromatic N) is 1. The first-order valence-corrected chi connectivity index (χ1v) is 7.63. The second kappa shape index (κ2) is 8.33. The van der Waals surface area contributed by atoms with E-state index < -0.39 is 11.7 Å². The van der Waals surface area contributed by atoms with Gasteiger partial charge in [-0.05, 0) is 39.5 Å². The number of aliphatic hydroxyl groups is 1. The van der Waals surface area contributed by atoms with Crippen LogP contribution < -0.4 is 5.32 Å². The van der Waals surface area contributed by atoms with E-state index in [9.17, 15) is 9.59 Å². The summed E-state index contributed by atoms with van der Waals surface area (Å²) in [5.74, 6) is -0.0796. The van der Waals surface area contributed by atoms with Gasteiger partial charge < -0.3 is 19.9 Å². The first-order chi connectivity index (χ1) is 10.2. The molecule has 0 spiro atoms. The highest BCUT2D eigenvalue weighted by atomic mass is 16.6. The van der Waals surface area contributed by atoms with Crippen molar-refractivity contribution in [2.75, 3.05) is 33.4 Å². The molecule has 7 nitrogen and oxygen atoms in total. The Hall–Kier alpha value is -1.34. The molecule has 1 heterocycles. The van der Waals surface area contributed by atoms with Gasteiger partial charge >= 0.3 is 12.1 Å². The van der Waals surface area contributed by atoms with Crippen molar-refractivity contribution in [1.29, 1.82) is 0 Å². The predicted octanol–water partition coefficient (Wildman–Crippen LogP) is 0.757. The van der Waals surface area contributed by atoms with Crippen LogP contribution in [-0.4, -0.2) is 67.1 Å². The minimum Gasteiger partial charge on any atom is -0.468 e. The minimum atomic E-state index is -0.547. The summed E-state index contributed by atoms with van der Waals surface area (Å²) < 4.78 is 9.95. The van der Waals surface area contributed by atoms with Crippen molar-refractivity contribution >= 4 is 12.1 Å². The Morgan fingerprint density at radius 1 is 1.32 bits per heavy atom. The lowest BCUT2D eigenvalue weighted by Crippen LogP contribution is -2.52. The first-order valence-electron chi connectivity index (χ1n) is 7.63. The SMILES string of the molecule is COC(=O)CN1CC(CCO)CC(NC(=O)OC(C)(C)C)C1. The summed E-state index contributed by atoms with van der Waals surface area (Å²) in [6, 6.07) is -0.107. The van der Waals surface area contributed by atoms with Crippen molar-refractivity contribution < 1.29 is 24.2 Å². The van der Waals surface area contributed by atoms with Crippen LogP contribution in [0.5, 0.6) is 0 Å². The second-order valence-electron chi connectivity index (χ2n) is 6.73. The number of hydrogen-bond acceptors (Lipinski definition) is 6. The van der Waals surface area contributed by atoms with E-state index in [0.29, 0.717) is 19.5 Å². The summed E-state index contributed by atoms with van der Waals surface area (Å²) in [6.07, 6.45) is 0.946. The molecular weight excluding hydrogens is 288 g/mol. The van der Waals surface area contributed by atoms with Crippen molar-refractivity contribution in [3.63, 3.8) is 0 Å². The average Bonchev–Trinajstić information content (AvgIpc) is 2.36. The molecule has 0 aliphatic carbocycles. The highest BCUT2D eigenvalue weighted by Crippen LogP contribution is 2.20. The van der Waals surface area contributed by atoms with E-state index >= 15 is 0 Å². The molecule has 1 saturated heterocycles. The summed E-state index contributed by atoms with van der Waals surface area (Å²) in [5.41, 5.74) is -0.547. The van der Waals surface area contributed by atoms with Crippen LogP contribution in [0.25, 0.3) is 0 Å². The fourth-order valence-electron chi connectivity index (χ4n) is 2.65. The zero-order valence-corrected chi connectivity index (χ0v) is 13.9. The zero-order valence-electron chi connectivity index (χ0n) is 13.9. The van der Waals surface area contributed by atoms with Crippen molar-refractivity contribution in [3.05, 3.63) is 0 Å². The number of methoxy groups -OCH3 is 1. The fraction of sp³-hybridized carbons (Fsp3) is 0.867. The summed E-state index contributed by atoms with van der Waals surface area (Å²) >= 11 is 0. The maximum absolute atomic E-state index is 11.9. The zero-order chi connectivity index (χ0) is 16.8. The largest absolute Gasteiger partial charge is 0.468 e. The molecule has 0 saturated carbocycles. The number of aliphatic hydroxyl groups excluding tert-OH is 1. The quantitative estimate of drug-likeness (QED) is 0.728. The highest BCUT2D eigenvalue weighted by molar-refractivity contribution is 5.71. The van der Waals surface area contributed by atoms with Crippen LogP contribution in [-0.2, 0) is 14.3 Å². The fourth-order valence-corrected chi connectivity index (χ4v) is 2.65. The molecule has 1 rings (SSSR count). The number of carbonyl (C=O) groups excluding carboxylic acids is 2. The number of piperidine rings is 1. The Labute approximate surface area is 131 Å². The summed E-state index contributed by atoms with van der Waals surface area (Å²) in [5, 5.41) is 12.0. The summed E-state index contributed by atoms with van der Waals surface area (Å²) in [7, 11) is 1.36. The van der Waals surface area contributed by atoms with E-state index in [-0.39, 0.29) is 31.1 Å². The van der Waals surface area contributed by atoms with Crippen molar-refractivity contribution in [1.82, 2.24) is 10.2 Å². The Morgan fingerprint density at radius 3 is 2.55 bits per heavy atom. The number of amides is 1. The third kappa shape index (κ3) is 7.09. The monoisotopic (exact) mass is 316 g/mol. The molecule has 1 fully saturated rings. The number of rotatable bonds is 5. The van der Waals surface area contributed by atoms with E-state index in [1.54, 1.807) is 0 Å². The molecule has 0 aromatic carbocycles. The molecule has 2 atom stereocenters. The third-order valence-corrected chi connectivity index (χ3v) is 3.45. The lowest BCUT2D eigenvalue weighted by molar-refractivity contribution is -0.142. The molecule has 2 unspecified atom stereocenters. The van der Waals surface area contributed by atoms with E-state index in [0.717, 1.165) is 6.42 Å². The number of alkyl carbamates (subject to hydrolysis) is 1. The first kappa shape index (κ1) is 18.7. The topological polar surface area (TPSA) is 88.1 Å². The van der Waals surface area contributed by atoms with Crippen LogP contribution in [0.15, 0.2) is 0 Å². The summed E-state index contributed by atoms with van der Waals surface area (Å²) in [4.78, 5) is 25.3. The number of nitrogens with one attached hydrogen (secondary N) is 1. The molecule has 128 valence electrons. The van der Waals surface area contributed by atoms with Crippen LogP contribution in [0.1, 0.15) is 33.6 Å². The number of ether oxygens (including phenoxy) is 2. The number of carbonyl (C=O) groups is 2. The molecule has 1 amide bonds. The van der Waals surface area contributed by atoms with Gasteiger partial charge in [-0.25, -0.2) is 4.79 Å². The van der Waals surface area contributed by atoms with Gasteiger partial charge in [0.25, 0.3) is 0 Å². The smallest absolute Gasteiger partial charge is 0.407 e. The van der Waals surface area contributed by atoms with Crippen LogP contribution in [0.4, 0.5) is 4.79 Å². The van der Waals surface area contributed by atoms with Gasteiger partial charge in [0.15, 0.2) is 0 Å². The van der Waals surface area contributed by atoms with Gasteiger partial charge in [0, 0.05) is 25.7 Å². The van der Waals surface area contributed by atoms with Crippen molar-refractivity contribution in [2.45, 2.75) is 45.3 Å². The Kier molecular flexibility index (Phi) is 7.09. The molecule has 7 heteroatoms. The minimum absolute atomic E-state index is 0.0931. The molecule has 0 aromatic rings. The van der Waals surface area contributed by atoms with E-state index in [4.69, 9.17) is 9.84 Å². The Balaban J connectivity index is 2.59.